The van der Waals surface area contributed by atoms with Gasteiger partial charge in [-0.15, -0.1) is 0 Å². The third-order valence-electron chi connectivity index (χ3n) is 3.00. The topological polar surface area (TPSA) is 70.6 Å². The number of carbonyl (C=O) groups is 2. The summed E-state index contributed by atoms with van der Waals surface area (Å²) in [7, 11) is 0. The zero-order chi connectivity index (χ0) is 16.3. The molecule has 1 aliphatic rings. The number of aliphatic imine (C=N–C) groups is 1. The molecule has 1 atom stereocenters. The molecule has 0 unspecified atom stereocenters. The highest BCUT2D eigenvalue weighted by Crippen LogP contribution is 2.25. The Morgan fingerprint density at radius 3 is 2.68 bits per heavy atom. The molecule has 118 valence electrons. The molecule has 1 aromatic carbocycles. The van der Waals surface area contributed by atoms with Crippen molar-refractivity contribution in [2.75, 3.05) is 5.32 Å². The maximum Gasteiger partial charge on any atom is 0.240 e. The zero-order valence-corrected chi connectivity index (χ0v) is 14.1. The van der Waals surface area contributed by atoms with Crippen molar-refractivity contribution in [1.29, 1.82) is 0 Å². The molecule has 6 heteroatoms. The smallest absolute Gasteiger partial charge is 0.240 e. The largest absolute Gasteiger partial charge is 0.326 e. The molecule has 2 rings (SSSR count). The van der Waals surface area contributed by atoms with Gasteiger partial charge < -0.3 is 10.6 Å². The lowest BCUT2D eigenvalue weighted by molar-refractivity contribution is -0.122. The summed E-state index contributed by atoms with van der Waals surface area (Å²) < 4.78 is 0. The van der Waals surface area contributed by atoms with E-state index in [9.17, 15) is 9.59 Å². The predicted octanol–water partition coefficient (Wildman–Crippen LogP) is 2.71. The van der Waals surface area contributed by atoms with Crippen LogP contribution in [0.5, 0.6) is 0 Å². The highest BCUT2D eigenvalue weighted by atomic mass is 32.2. The zero-order valence-electron chi connectivity index (χ0n) is 13.3. The lowest BCUT2D eigenvalue weighted by atomic mass is 10.1. The molecule has 0 spiro atoms. The first kappa shape index (κ1) is 16.5. The van der Waals surface area contributed by atoms with Crippen LogP contribution in [-0.4, -0.2) is 27.8 Å². The number of benzene rings is 1. The fourth-order valence-electron chi connectivity index (χ4n) is 1.98. The number of hydrogen-bond donors (Lipinski definition) is 2. The quantitative estimate of drug-likeness (QED) is 0.900. The van der Waals surface area contributed by atoms with Gasteiger partial charge in [-0.05, 0) is 39.3 Å². The first-order valence-corrected chi connectivity index (χ1v) is 8.05. The van der Waals surface area contributed by atoms with E-state index in [0.717, 1.165) is 11.3 Å². The van der Waals surface area contributed by atoms with E-state index in [1.165, 1.54) is 11.8 Å². The van der Waals surface area contributed by atoms with Crippen LogP contribution in [0.2, 0.25) is 0 Å². The van der Waals surface area contributed by atoms with Gasteiger partial charge in [0.25, 0.3) is 0 Å². The van der Waals surface area contributed by atoms with Gasteiger partial charge in [0, 0.05) is 12.1 Å². The number of thioether (sulfide) groups is 1. The standard InChI is InChI=1S/C16H21N3O2S/c1-10-7-5-6-8-11(10)17-13(20)9-12-14(21)18-15(22-12)19-16(2,3)4/h5-8,12H,9H2,1-4H3,(H,17,20)(H,18,19,21)/t12-/m1/s1. The molecule has 1 aromatic rings. The molecule has 1 aliphatic heterocycles. The van der Waals surface area contributed by atoms with Crippen molar-refractivity contribution in [1.82, 2.24) is 5.32 Å². The van der Waals surface area contributed by atoms with E-state index < -0.39 is 5.25 Å². The first-order valence-electron chi connectivity index (χ1n) is 7.17. The minimum Gasteiger partial charge on any atom is -0.326 e. The van der Waals surface area contributed by atoms with Gasteiger partial charge in [-0.2, -0.15) is 0 Å². The number of hydrogen-bond acceptors (Lipinski definition) is 4. The van der Waals surface area contributed by atoms with E-state index in [-0.39, 0.29) is 23.8 Å². The Hall–Kier alpha value is -1.82. The van der Waals surface area contributed by atoms with Crippen LogP contribution in [0.4, 0.5) is 5.69 Å². The van der Waals surface area contributed by atoms with Crippen LogP contribution in [0.3, 0.4) is 0 Å². The molecule has 1 saturated heterocycles. The second-order valence-electron chi connectivity index (χ2n) is 6.25. The van der Waals surface area contributed by atoms with Crippen molar-refractivity contribution >= 4 is 34.4 Å². The molecule has 0 bridgehead atoms. The Morgan fingerprint density at radius 1 is 1.36 bits per heavy atom. The van der Waals surface area contributed by atoms with Crippen molar-refractivity contribution in [3.8, 4) is 0 Å². The molecular formula is C16H21N3O2S. The molecule has 1 heterocycles. The number of anilines is 1. The average Bonchev–Trinajstić information content (AvgIpc) is 2.70. The summed E-state index contributed by atoms with van der Waals surface area (Å²) in [6.45, 7) is 7.82. The second kappa shape index (κ2) is 6.52. The summed E-state index contributed by atoms with van der Waals surface area (Å²) in [5.74, 6) is -0.327. The number of nitrogens with zero attached hydrogens (tertiary/aromatic N) is 1. The number of aryl methyl sites for hydroxylation is 1. The number of amides is 2. The first-order chi connectivity index (χ1) is 10.2. The van der Waals surface area contributed by atoms with E-state index in [0.29, 0.717) is 5.17 Å². The number of nitrogens with one attached hydrogen (secondary N) is 2. The number of carbonyl (C=O) groups excluding carboxylic acids is 2. The van der Waals surface area contributed by atoms with Crippen molar-refractivity contribution in [3.63, 3.8) is 0 Å². The van der Waals surface area contributed by atoms with Crippen LogP contribution in [0.25, 0.3) is 0 Å². The van der Waals surface area contributed by atoms with Crippen molar-refractivity contribution < 1.29 is 9.59 Å². The van der Waals surface area contributed by atoms with Gasteiger partial charge in [0.05, 0.1) is 5.54 Å². The van der Waals surface area contributed by atoms with Gasteiger partial charge >= 0.3 is 0 Å². The Balaban J connectivity index is 1.97. The molecule has 0 aliphatic carbocycles. The molecule has 2 N–H and O–H groups in total. The van der Waals surface area contributed by atoms with Crippen molar-refractivity contribution in [3.05, 3.63) is 29.8 Å². The van der Waals surface area contributed by atoms with E-state index in [4.69, 9.17) is 0 Å². The molecule has 0 radical (unpaired) electrons. The fraction of sp³-hybridized carbons (Fsp3) is 0.438. The number of para-hydroxylation sites is 1. The van der Waals surface area contributed by atoms with E-state index in [1.807, 2.05) is 52.0 Å². The van der Waals surface area contributed by atoms with Gasteiger partial charge in [-0.25, -0.2) is 0 Å². The van der Waals surface area contributed by atoms with Crippen molar-refractivity contribution in [2.24, 2.45) is 4.99 Å². The maximum absolute atomic E-state index is 12.1. The monoisotopic (exact) mass is 319 g/mol. The lowest BCUT2D eigenvalue weighted by Crippen LogP contribution is -2.29. The van der Waals surface area contributed by atoms with Gasteiger partial charge in [0.15, 0.2) is 5.17 Å². The summed E-state index contributed by atoms with van der Waals surface area (Å²) in [6, 6.07) is 7.57. The molecule has 1 fully saturated rings. The molecule has 2 amide bonds. The van der Waals surface area contributed by atoms with Gasteiger partial charge in [-0.1, -0.05) is 30.0 Å². The van der Waals surface area contributed by atoms with E-state index >= 15 is 0 Å². The van der Waals surface area contributed by atoms with Crippen molar-refractivity contribution in [2.45, 2.75) is 44.9 Å². The highest BCUT2D eigenvalue weighted by molar-refractivity contribution is 8.15. The van der Waals surface area contributed by atoms with Gasteiger partial charge in [0.1, 0.15) is 5.25 Å². The Morgan fingerprint density at radius 2 is 2.05 bits per heavy atom. The highest BCUT2D eigenvalue weighted by Gasteiger charge is 2.32. The Kier molecular flexibility index (Phi) is 4.90. The Bertz CT molecular complexity index is 620. The second-order valence-corrected chi connectivity index (χ2v) is 7.44. The van der Waals surface area contributed by atoms with Gasteiger partial charge in [0.2, 0.25) is 11.8 Å². The van der Waals surface area contributed by atoms with Crippen LogP contribution in [-0.2, 0) is 9.59 Å². The number of amidine groups is 1. The SMILES string of the molecule is Cc1ccccc1NC(=O)C[C@H]1SC(=NC(C)(C)C)NC1=O. The minimum atomic E-state index is -0.426. The third-order valence-corrected chi connectivity index (χ3v) is 4.09. The lowest BCUT2D eigenvalue weighted by Gasteiger charge is -2.12. The normalized spacial score (nSPS) is 20.1. The van der Waals surface area contributed by atoms with Crippen LogP contribution in [0, 0.1) is 6.92 Å². The summed E-state index contributed by atoms with van der Waals surface area (Å²) in [5.41, 5.74) is 1.52. The predicted molar refractivity (Wildman–Crippen MR) is 91.1 cm³/mol. The van der Waals surface area contributed by atoms with Crippen LogP contribution in [0.15, 0.2) is 29.3 Å². The number of rotatable bonds is 3. The van der Waals surface area contributed by atoms with E-state index in [2.05, 4.69) is 15.6 Å². The fourth-order valence-corrected chi connectivity index (χ4v) is 3.14. The summed E-state index contributed by atoms with van der Waals surface area (Å²) in [5, 5.41) is 5.75. The molecule has 22 heavy (non-hydrogen) atoms. The maximum atomic E-state index is 12.1. The third kappa shape index (κ3) is 4.59. The van der Waals surface area contributed by atoms with E-state index in [1.54, 1.807) is 0 Å². The molecule has 5 nitrogen and oxygen atoms in total. The average molecular weight is 319 g/mol. The minimum absolute atomic E-state index is 0.133. The molecular weight excluding hydrogens is 298 g/mol. The van der Waals surface area contributed by atoms with Crippen LogP contribution < -0.4 is 10.6 Å². The summed E-state index contributed by atoms with van der Waals surface area (Å²) in [4.78, 5) is 28.5. The summed E-state index contributed by atoms with van der Waals surface area (Å²) in [6.07, 6.45) is 0.133. The van der Waals surface area contributed by atoms with Crippen LogP contribution in [0.1, 0.15) is 32.8 Å². The van der Waals surface area contributed by atoms with Gasteiger partial charge in [-0.3, -0.25) is 14.6 Å². The molecule has 0 aromatic heterocycles. The molecule has 0 saturated carbocycles. The summed E-state index contributed by atoms with van der Waals surface area (Å²) >= 11 is 1.32. The Labute approximate surface area is 135 Å². The van der Waals surface area contributed by atoms with Crippen LogP contribution >= 0.6 is 11.8 Å².